The molecule has 1 unspecified atom stereocenters. The predicted molar refractivity (Wildman–Crippen MR) is 73.7 cm³/mol. The number of aromatic nitrogens is 3. The molecular weight excluding hydrogens is 254 g/mol. The Bertz CT molecular complexity index is 686. The molecule has 0 spiro atoms. The lowest BCUT2D eigenvalue weighted by atomic mass is 9.99. The standard InChI is InChI=1S/C14H15N5O/c15-8-10-3-5-12(6-4-10)19-13(17-18-14(19)20)11-2-1-7-16-9-11/h3-6,11,16H,1-2,7,9H2,(H,18,20). The summed E-state index contributed by atoms with van der Waals surface area (Å²) in [5.41, 5.74) is 1.07. The fourth-order valence-electron chi connectivity index (χ4n) is 2.59. The molecule has 0 radical (unpaired) electrons. The van der Waals surface area contributed by atoms with Gasteiger partial charge in [-0.3, -0.25) is 0 Å². The van der Waals surface area contributed by atoms with Crippen LogP contribution in [0.4, 0.5) is 0 Å². The van der Waals surface area contributed by atoms with Gasteiger partial charge in [0.25, 0.3) is 0 Å². The van der Waals surface area contributed by atoms with Crippen LogP contribution in [0.1, 0.15) is 30.1 Å². The number of nitrogens with zero attached hydrogens (tertiary/aromatic N) is 3. The van der Waals surface area contributed by atoms with Crippen LogP contribution in [0.25, 0.3) is 5.69 Å². The molecule has 1 aromatic heterocycles. The zero-order chi connectivity index (χ0) is 13.9. The average Bonchev–Trinajstić information content (AvgIpc) is 2.90. The van der Waals surface area contributed by atoms with Gasteiger partial charge in [0, 0.05) is 12.5 Å². The minimum atomic E-state index is -0.240. The fraction of sp³-hybridized carbons (Fsp3) is 0.357. The lowest BCUT2D eigenvalue weighted by molar-refractivity contribution is 0.442. The van der Waals surface area contributed by atoms with E-state index in [1.165, 1.54) is 0 Å². The SMILES string of the molecule is N#Cc1ccc(-n2c(C3CCCNC3)n[nH]c2=O)cc1. The van der Waals surface area contributed by atoms with Gasteiger partial charge >= 0.3 is 5.69 Å². The number of benzene rings is 1. The molecule has 1 aliphatic rings. The van der Waals surface area contributed by atoms with Crippen molar-refractivity contribution in [2.45, 2.75) is 18.8 Å². The molecule has 2 N–H and O–H groups in total. The van der Waals surface area contributed by atoms with E-state index in [-0.39, 0.29) is 11.6 Å². The summed E-state index contributed by atoms with van der Waals surface area (Å²) in [4.78, 5) is 12.0. The molecule has 0 bridgehead atoms. The molecule has 2 heterocycles. The monoisotopic (exact) mass is 269 g/mol. The lowest BCUT2D eigenvalue weighted by Gasteiger charge is -2.22. The highest BCUT2D eigenvalue weighted by Crippen LogP contribution is 2.22. The van der Waals surface area contributed by atoms with E-state index in [0.717, 1.165) is 37.4 Å². The molecule has 6 heteroatoms. The van der Waals surface area contributed by atoms with E-state index >= 15 is 0 Å². The second-order valence-electron chi connectivity index (χ2n) is 4.92. The topological polar surface area (TPSA) is 86.5 Å². The lowest BCUT2D eigenvalue weighted by Crippen LogP contribution is -2.31. The molecule has 20 heavy (non-hydrogen) atoms. The molecule has 2 aromatic rings. The number of rotatable bonds is 2. The van der Waals surface area contributed by atoms with Gasteiger partial charge < -0.3 is 5.32 Å². The van der Waals surface area contributed by atoms with E-state index in [4.69, 9.17) is 5.26 Å². The van der Waals surface area contributed by atoms with Crippen molar-refractivity contribution in [3.05, 3.63) is 46.1 Å². The van der Waals surface area contributed by atoms with Crippen LogP contribution in [-0.2, 0) is 0 Å². The number of hydrogen-bond acceptors (Lipinski definition) is 4. The zero-order valence-electron chi connectivity index (χ0n) is 11.0. The Morgan fingerprint density at radius 2 is 2.15 bits per heavy atom. The van der Waals surface area contributed by atoms with Crippen LogP contribution in [0.5, 0.6) is 0 Å². The Labute approximate surface area is 116 Å². The normalized spacial score (nSPS) is 18.6. The Balaban J connectivity index is 2.01. The molecule has 1 aromatic carbocycles. The Morgan fingerprint density at radius 1 is 1.35 bits per heavy atom. The van der Waals surface area contributed by atoms with Gasteiger partial charge in [-0.25, -0.2) is 14.5 Å². The minimum absolute atomic E-state index is 0.235. The van der Waals surface area contributed by atoms with Crippen molar-refractivity contribution in [3.63, 3.8) is 0 Å². The number of nitrogens with one attached hydrogen (secondary N) is 2. The smallest absolute Gasteiger partial charge is 0.316 e. The Morgan fingerprint density at radius 3 is 2.80 bits per heavy atom. The van der Waals surface area contributed by atoms with Gasteiger partial charge in [-0.2, -0.15) is 10.4 Å². The van der Waals surface area contributed by atoms with Gasteiger partial charge in [-0.15, -0.1) is 0 Å². The first-order valence-corrected chi connectivity index (χ1v) is 6.68. The second-order valence-corrected chi connectivity index (χ2v) is 4.92. The van der Waals surface area contributed by atoms with E-state index in [1.807, 2.05) is 0 Å². The van der Waals surface area contributed by atoms with Crippen LogP contribution in [0.3, 0.4) is 0 Å². The van der Waals surface area contributed by atoms with E-state index < -0.39 is 0 Å². The van der Waals surface area contributed by atoms with Crippen molar-refractivity contribution >= 4 is 0 Å². The summed E-state index contributed by atoms with van der Waals surface area (Å²) in [5, 5.41) is 18.9. The van der Waals surface area contributed by atoms with Gasteiger partial charge in [0.15, 0.2) is 0 Å². The van der Waals surface area contributed by atoms with Crippen molar-refractivity contribution in [2.75, 3.05) is 13.1 Å². The first-order valence-electron chi connectivity index (χ1n) is 6.68. The first-order chi connectivity index (χ1) is 9.79. The van der Waals surface area contributed by atoms with Gasteiger partial charge in [0.2, 0.25) is 0 Å². The van der Waals surface area contributed by atoms with Crippen molar-refractivity contribution in [2.24, 2.45) is 0 Å². The Hall–Kier alpha value is -2.39. The van der Waals surface area contributed by atoms with Gasteiger partial charge in [0.05, 0.1) is 17.3 Å². The highest BCUT2D eigenvalue weighted by Gasteiger charge is 2.22. The number of nitriles is 1. The molecule has 102 valence electrons. The molecule has 3 rings (SSSR count). The number of aromatic amines is 1. The summed E-state index contributed by atoms with van der Waals surface area (Å²) in [6, 6.07) is 9.03. The second kappa shape index (κ2) is 5.31. The van der Waals surface area contributed by atoms with Crippen LogP contribution in [-0.4, -0.2) is 27.9 Å². The Kier molecular flexibility index (Phi) is 3.35. The maximum absolute atomic E-state index is 12.0. The third-order valence-electron chi connectivity index (χ3n) is 3.61. The molecule has 1 aliphatic heterocycles. The summed E-state index contributed by atoms with van der Waals surface area (Å²) in [5.74, 6) is 0.991. The first kappa shape index (κ1) is 12.6. The highest BCUT2D eigenvalue weighted by molar-refractivity contribution is 5.40. The minimum Gasteiger partial charge on any atom is -0.316 e. The number of hydrogen-bond donors (Lipinski definition) is 2. The zero-order valence-corrected chi connectivity index (χ0v) is 11.0. The summed E-state index contributed by atoms with van der Waals surface area (Å²) in [6.45, 7) is 1.85. The van der Waals surface area contributed by atoms with Gasteiger partial charge in [0.1, 0.15) is 5.82 Å². The van der Waals surface area contributed by atoms with Crippen molar-refractivity contribution in [1.82, 2.24) is 20.1 Å². The maximum atomic E-state index is 12.0. The summed E-state index contributed by atoms with van der Waals surface area (Å²) in [6.07, 6.45) is 2.10. The fourth-order valence-corrected chi connectivity index (χ4v) is 2.59. The van der Waals surface area contributed by atoms with E-state index in [0.29, 0.717) is 5.56 Å². The van der Waals surface area contributed by atoms with E-state index in [9.17, 15) is 4.79 Å². The summed E-state index contributed by atoms with van der Waals surface area (Å²) >= 11 is 0. The largest absolute Gasteiger partial charge is 0.347 e. The molecule has 0 amide bonds. The average molecular weight is 269 g/mol. The quantitative estimate of drug-likeness (QED) is 0.848. The third-order valence-corrected chi connectivity index (χ3v) is 3.61. The highest BCUT2D eigenvalue weighted by atomic mass is 16.1. The summed E-state index contributed by atoms with van der Waals surface area (Å²) < 4.78 is 1.60. The van der Waals surface area contributed by atoms with Crippen LogP contribution in [0.15, 0.2) is 29.1 Å². The van der Waals surface area contributed by atoms with Crippen molar-refractivity contribution < 1.29 is 0 Å². The van der Waals surface area contributed by atoms with Gasteiger partial charge in [-0.05, 0) is 43.7 Å². The molecule has 0 saturated carbocycles. The third kappa shape index (κ3) is 2.24. The van der Waals surface area contributed by atoms with Gasteiger partial charge in [-0.1, -0.05) is 0 Å². The van der Waals surface area contributed by atoms with Crippen LogP contribution in [0.2, 0.25) is 0 Å². The number of H-pyrrole nitrogens is 1. The molecular formula is C14H15N5O. The molecule has 6 nitrogen and oxygen atoms in total. The van der Waals surface area contributed by atoms with E-state index in [2.05, 4.69) is 21.6 Å². The number of piperidine rings is 1. The summed E-state index contributed by atoms with van der Waals surface area (Å²) in [7, 11) is 0. The van der Waals surface area contributed by atoms with Crippen LogP contribution < -0.4 is 11.0 Å². The molecule has 1 fully saturated rings. The van der Waals surface area contributed by atoms with Crippen LogP contribution in [0, 0.1) is 11.3 Å². The predicted octanol–water partition coefficient (Wildman–Crippen LogP) is 0.899. The molecule has 1 saturated heterocycles. The van der Waals surface area contributed by atoms with Crippen LogP contribution >= 0.6 is 0 Å². The molecule has 1 atom stereocenters. The van der Waals surface area contributed by atoms with E-state index in [1.54, 1.807) is 28.8 Å². The van der Waals surface area contributed by atoms with Crippen molar-refractivity contribution in [1.29, 1.82) is 5.26 Å². The molecule has 0 aliphatic carbocycles. The van der Waals surface area contributed by atoms with Crippen molar-refractivity contribution in [3.8, 4) is 11.8 Å². The maximum Gasteiger partial charge on any atom is 0.347 e.